The summed E-state index contributed by atoms with van der Waals surface area (Å²) in [5.41, 5.74) is 2.35. The van der Waals surface area contributed by atoms with E-state index in [1.165, 1.54) is 18.4 Å². The molecule has 0 radical (unpaired) electrons. The van der Waals surface area contributed by atoms with E-state index >= 15 is 0 Å². The van der Waals surface area contributed by atoms with Gasteiger partial charge in [0.25, 0.3) is 0 Å². The zero-order valence-corrected chi connectivity index (χ0v) is 15.5. The fourth-order valence-electron chi connectivity index (χ4n) is 2.49. The van der Waals surface area contributed by atoms with Crippen molar-refractivity contribution in [2.24, 2.45) is 11.8 Å². The molecule has 0 bridgehead atoms. The van der Waals surface area contributed by atoms with Crippen molar-refractivity contribution in [1.82, 2.24) is 0 Å². The number of ketones is 1. The van der Waals surface area contributed by atoms with E-state index in [-0.39, 0.29) is 5.78 Å². The van der Waals surface area contributed by atoms with Gasteiger partial charge in [-0.3, -0.25) is 4.79 Å². The van der Waals surface area contributed by atoms with Crippen molar-refractivity contribution in [2.75, 3.05) is 0 Å². The second kappa shape index (κ2) is 11.6. The first-order valence-corrected chi connectivity index (χ1v) is 8.74. The standard InChI is InChI=1S/C20H36O2/c1-15(2)9-7-11-17(5)13-19(21)20(22)14-18(6)12-8-10-16(3)4/h9,13,16,18,20,22H,7-8,10-12,14H2,1-6H3/b17-13+. The predicted molar refractivity (Wildman–Crippen MR) is 95.9 cm³/mol. The number of carbonyl (C=O) groups is 1. The average molecular weight is 309 g/mol. The Kier molecular flexibility index (Phi) is 11.2. The van der Waals surface area contributed by atoms with E-state index in [1.807, 2.05) is 6.92 Å². The van der Waals surface area contributed by atoms with E-state index in [9.17, 15) is 9.90 Å². The smallest absolute Gasteiger partial charge is 0.184 e. The Morgan fingerprint density at radius 1 is 1.09 bits per heavy atom. The molecule has 2 nitrogen and oxygen atoms in total. The number of hydrogen-bond donors (Lipinski definition) is 1. The van der Waals surface area contributed by atoms with Crippen LogP contribution >= 0.6 is 0 Å². The Labute approximate surface area is 137 Å². The molecule has 1 N–H and O–H groups in total. The molecule has 0 saturated carbocycles. The van der Waals surface area contributed by atoms with Gasteiger partial charge in [0, 0.05) is 0 Å². The van der Waals surface area contributed by atoms with Crippen LogP contribution < -0.4 is 0 Å². The summed E-state index contributed by atoms with van der Waals surface area (Å²) in [6, 6.07) is 0. The highest BCUT2D eigenvalue weighted by Crippen LogP contribution is 2.18. The lowest BCUT2D eigenvalue weighted by Gasteiger charge is -2.15. The van der Waals surface area contributed by atoms with Gasteiger partial charge in [0.2, 0.25) is 0 Å². The van der Waals surface area contributed by atoms with Gasteiger partial charge in [0.15, 0.2) is 5.78 Å². The lowest BCUT2D eigenvalue weighted by atomic mass is 9.93. The van der Waals surface area contributed by atoms with Crippen LogP contribution in [0.25, 0.3) is 0 Å². The normalized spacial score (nSPS) is 14.8. The third kappa shape index (κ3) is 11.7. The Morgan fingerprint density at radius 2 is 1.73 bits per heavy atom. The zero-order valence-electron chi connectivity index (χ0n) is 15.5. The number of rotatable bonds is 11. The van der Waals surface area contributed by atoms with E-state index in [0.29, 0.717) is 12.3 Å². The molecule has 0 aromatic carbocycles. The van der Waals surface area contributed by atoms with Crippen LogP contribution in [0.4, 0.5) is 0 Å². The van der Waals surface area contributed by atoms with Crippen molar-refractivity contribution in [2.45, 2.75) is 86.2 Å². The molecule has 0 rings (SSSR count). The quantitative estimate of drug-likeness (QED) is 0.406. The SMILES string of the molecule is CC(C)=CCC/C(C)=C/C(=O)C(O)CC(C)CCCC(C)C. The molecule has 0 aromatic heterocycles. The maximum Gasteiger partial charge on any atom is 0.184 e. The Balaban J connectivity index is 4.16. The van der Waals surface area contributed by atoms with Crippen molar-refractivity contribution < 1.29 is 9.90 Å². The van der Waals surface area contributed by atoms with Crippen LogP contribution in [-0.4, -0.2) is 17.0 Å². The van der Waals surface area contributed by atoms with Crippen molar-refractivity contribution in [1.29, 1.82) is 0 Å². The number of allylic oxidation sites excluding steroid dienone is 3. The number of aliphatic hydroxyl groups excluding tert-OH is 1. The van der Waals surface area contributed by atoms with Crippen LogP contribution in [0.15, 0.2) is 23.3 Å². The van der Waals surface area contributed by atoms with Gasteiger partial charge in [0.05, 0.1) is 0 Å². The molecule has 0 aliphatic rings. The van der Waals surface area contributed by atoms with Gasteiger partial charge in [-0.2, -0.15) is 0 Å². The largest absolute Gasteiger partial charge is 0.385 e. The lowest BCUT2D eigenvalue weighted by molar-refractivity contribution is -0.123. The second-order valence-corrected chi connectivity index (χ2v) is 7.39. The molecular formula is C20H36O2. The molecule has 0 amide bonds. The van der Waals surface area contributed by atoms with Crippen LogP contribution in [0, 0.1) is 11.8 Å². The Bertz CT molecular complexity index is 373. The molecule has 0 saturated heterocycles. The van der Waals surface area contributed by atoms with E-state index in [4.69, 9.17) is 0 Å². The van der Waals surface area contributed by atoms with Crippen LogP contribution in [0.5, 0.6) is 0 Å². The molecule has 0 spiro atoms. The predicted octanol–water partition coefficient (Wildman–Crippen LogP) is 5.46. The first-order chi connectivity index (χ1) is 10.2. The highest BCUT2D eigenvalue weighted by molar-refractivity contribution is 5.93. The van der Waals surface area contributed by atoms with Crippen LogP contribution in [0.1, 0.15) is 80.1 Å². The third-order valence-electron chi connectivity index (χ3n) is 3.91. The maximum atomic E-state index is 12.0. The first kappa shape index (κ1) is 21.1. The van der Waals surface area contributed by atoms with Crippen molar-refractivity contribution >= 4 is 5.78 Å². The lowest BCUT2D eigenvalue weighted by Crippen LogP contribution is -2.21. The summed E-state index contributed by atoms with van der Waals surface area (Å²) in [4.78, 5) is 12.0. The fraction of sp³-hybridized carbons (Fsp3) is 0.750. The number of aliphatic hydroxyl groups is 1. The molecular weight excluding hydrogens is 272 g/mol. The highest BCUT2D eigenvalue weighted by Gasteiger charge is 2.16. The summed E-state index contributed by atoms with van der Waals surface area (Å²) in [6.45, 7) is 12.7. The minimum absolute atomic E-state index is 0.134. The van der Waals surface area contributed by atoms with Gasteiger partial charge in [0.1, 0.15) is 6.10 Å². The summed E-state index contributed by atoms with van der Waals surface area (Å²) in [6.07, 6.45) is 8.87. The zero-order chi connectivity index (χ0) is 17.1. The minimum atomic E-state index is -0.840. The fourth-order valence-corrected chi connectivity index (χ4v) is 2.49. The molecule has 0 aliphatic heterocycles. The molecule has 0 heterocycles. The van der Waals surface area contributed by atoms with Gasteiger partial charge in [-0.1, -0.05) is 57.3 Å². The topological polar surface area (TPSA) is 37.3 Å². The molecule has 2 unspecified atom stereocenters. The summed E-state index contributed by atoms with van der Waals surface area (Å²) < 4.78 is 0. The number of hydrogen-bond acceptors (Lipinski definition) is 2. The third-order valence-corrected chi connectivity index (χ3v) is 3.91. The van der Waals surface area contributed by atoms with E-state index in [2.05, 4.69) is 40.7 Å². The van der Waals surface area contributed by atoms with E-state index in [1.54, 1.807) is 6.08 Å². The Hall–Kier alpha value is -0.890. The molecule has 0 aromatic rings. The van der Waals surface area contributed by atoms with Gasteiger partial charge in [-0.15, -0.1) is 0 Å². The maximum absolute atomic E-state index is 12.0. The summed E-state index contributed by atoms with van der Waals surface area (Å²) in [5.74, 6) is 0.993. The molecule has 2 atom stereocenters. The van der Waals surface area contributed by atoms with E-state index in [0.717, 1.165) is 30.8 Å². The number of carbonyl (C=O) groups excluding carboxylic acids is 1. The molecule has 0 aliphatic carbocycles. The monoisotopic (exact) mass is 308 g/mol. The minimum Gasteiger partial charge on any atom is -0.385 e. The summed E-state index contributed by atoms with van der Waals surface area (Å²) >= 11 is 0. The molecule has 2 heteroatoms. The molecule has 22 heavy (non-hydrogen) atoms. The molecule has 0 fully saturated rings. The summed E-state index contributed by atoms with van der Waals surface area (Å²) in [7, 11) is 0. The van der Waals surface area contributed by atoms with Gasteiger partial charge in [-0.05, 0) is 57.9 Å². The van der Waals surface area contributed by atoms with Crippen molar-refractivity contribution in [3.63, 3.8) is 0 Å². The summed E-state index contributed by atoms with van der Waals surface area (Å²) in [5, 5.41) is 10.1. The average Bonchev–Trinajstić information content (AvgIpc) is 2.37. The van der Waals surface area contributed by atoms with Crippen LogP contribution in [-0.2, 0) is 4.79 Å². The van der Waals surface area contributed by atoms with Gasteiger partial charge in [-0.25, -0.2) is 0 Å². The van der Waals surface area contributed by atoms with Gasteiger partial charge < -0.3 is 5.11 Å². The Morgan fingerprint density at radius 3 is 2.27 bits per heavy atom. The second-order valence-electron chi connectivity index (χ2n) is 7.39. The van der Waals surface area contributed by atoms with Crippen molar-refractivity contribution in [3.8, 4) is 0 Å². The van der Waals surface area contributed by atoms with Gasteiger partial charge >= 0.3 is 0 Å². The first-order valence-electron chi connectivity index (χ1n) is 8.74. The van der Waals surface area contributed by atoms with E-state index < -0.39 is 6.10 Å². The van der Waals surface area contributed by atoms with Crippen LogP contribution in [0.3, 0.4) is 0 Å². The molecule has 128 valence electrons. The van der Waals surface area contributed by atoms with Crippen molar-refractivity contribution in [3.05, 3.63) is 23.3 Å². The highest BCUT2D eigenvalue weighted by atomic mass is 16.3. The van der Waals surface area contributed by atoms with Crippen LogP contribution in [0.2, 0.25) is 0 Å².